The fourth-order valence-electron chi connectivity index (χ4n) is 11.5. The molecule has 0 saturated carbocycles. The molecule has 0 bridgehead atoms. The average molecular weight is 848 g/mol. The lowest BCUT2D eigenvalue weighted by Gasteiger charge is -2.41. The van der Waals surface area contributed by atoms with E-state index >= 15 is 0 Å². The standard InChI is InChI=1S/C62H50BN3/c1-61(2,3)41-30-33-43(34-31-41)64-54-35-32-42(62(4,5)6)36-52(54)63-51-28-17-27-48-47-22-13-14-29-53(47)66(60(48)51)56-38-44(37-55(64)57(56)63)65-58-45(39-18-9-7-10-19-39)23-15-25-49(58)50-26-16-24-46(59(50)65)40-20-11-8-12-21-40/h7-38H,1-6H3. The molecule has 9 aromatic carbocycles. The van der Waals surface area contributed by atoms with Crippen LogP contribution in [0.2, 0.25) is 0 Å². The number of anilines is 3. The Bertz CT molecular complexity index is 3670. The van der Waals surface area contributed by atoms with E-state index in [-0.39, 0.29) is 17.5 Å². The molecule has 2 aliphatic rings. The minimum Gasteiger partial charge on any atom is -0.311 e. The second-order valence-electron chi connectivity index (χ2n) is 20.6. The van der Waals surface area contributed by atoms with Crippen molar-refractivity contribution in [2.75, 3.05) is 4.90 Å². The zero-order valence-corrected chi connectivity index (χ0v) is 38.4. The molecular formula is C62H50BN3. The molecule has 0 radical (unpaired) electrons. The average Bonchev–Trinajstić information content (AvgIpc) is 3.87. The van der Waals surface area contributed by atoms with Gasteiger partial charge in [-0.05, 0) is 85.9 Å². The van der Waals surface area contributed by atoms with Crippen LogP contribution in [0.15, 0.2) is 194 Å². The summed E-state index contributed by atoms with van der Waals surface area (Å²) in [4.78, 5) is 2.58. The maximum Gasteiger partial charge on any atom is 0.252 e. The highest BCUT2D eigenvalue weighted by atomic mass is 15.2. The van der Waals surface area contributed by atoms with Crippen molar-refractivity contribution in [2.45, 2.75) is 52.4 Å². The Kier molecular flexibility index (Phi) is 8.23. The van der Waals surface area contributed by atoms with Gasteiger partial charge in [0.05, 0.1) is 22.2 Å². The first-order valence-corrected chi connectivity index (χ1v) is 23.5. The maximum absolute atomic E-state index is 2.60. The highest BCUT2D eigenvalue weighted by molar-refractivity contribution is 7.00. The summed E-state index contributed by atoms with van der Waals surface area (Å²) >= 11 is 0. The first-order valence-electron chi connectivity index (χ1n) is 23.5. The van der Waals surface area contributed by atoms with E-state index in [0.717, 1.165) is 11.4 Å². The number of benzene rings is 9. The Morgan fingerprint density at radius 1 is 0.364 bits per heavy atom. The molecule has 0 unspecified atom stereocenters. The lowest BCUT2D eigenvalue weighted by atomic mass is 9.33. The topological polar surface area (TPSA) is 13.1 Å². The first kappa shape index (κ1) is 38.9. The van der Waals surface area contributed by atoms with Gasteiger partial charge in [-0.1, -0.05) is 199 Å². The molecule has 0 atom stereocenters. The first-order chi connectivity index (χ1) is 32.0. The Labute approximate surface area is 387 Å². The van der Waals surface area contributed by atoms with E-state index < -0.39 is 0 Å². The molecule has 2 aliphatic heterocycles. The normalized spacial score (nSPS) is 13.2. The number of aromatic nitrogens is 2. The summed E-state index contributed by atoms with van der Waals surface area (Å²) < 4.78 is 5.20. The molecular weight excluding hydrogens is 798 g/mol. The number of hydrogen-bond donors (Lipinski definition) is 0. The van der Waals surface area contributed by atoms with Crippen LogP contribution in [-0.2, 0) is 10.8 Å². The number of rotatable bonds is 4. The Morgan fingerprint density at radius 2 is 0.894 bits per heavy atom. The third-order valence-corrected chi connectivity index (χ3v) is 14.6. The van der Waals surface area contributed by atoms with Crippen LogP contribution in [-0.4, -0.2) is 15.8 Å². The van der Waals surface area contributed by atoms with Crippen LogP contribution in [0, 0.1) is 0 Å². The molecule has 3 nitrogen and oxygen atoms in total. The number of fused-ring (bicyclic) bond motifs is 10. The Hall–Kier alpha value is -7.56. The van der Waals surface area contributed by atoms with Crippen LogP contribution in [0.4, 0.5) is 17.1 Å². The lowest BCUT2D eigenvalue weighted by Crippen LogP contribution is -2.60. The smallest absolute Gasteiger partial charge is 0.252 e. The number of para-hydroxylation sites is 4. The van der Waals surface area contributed by atoms with Crippen LogP contribution < -0.4 is 21.3 Å². The van der Waals surface area contributed by atoms with Gasteiger partial charge in [0.15, 0.2) is 0 Å². The van der Waals surface area contributed by atoms with Crippen molar-refractivity contribution in [1.82, 2.24) is 9.13 Å². The summed E-state index contributed by atoms with van der Waals surface area (Å²) in [6, 6.07) is 73.3. The highest BCUT2D eigenvalue weighted by Crippen LogP contribution is 2.47. The van der Waals surface area contributed by atoms with Gasteiger partial charge >= 0.3 is 0 Å². The minimum atomic E-state index is -0.0276. The second kappa shape index (κ2) is 14.0. The van der Waals surface area contributed by atoms with Crippen molar-refractivity contribution in [3.8, 4) is 33.6 Å². The van der Waals surface area contributed by atoms with E-state index in [1.165, 1.54) is 110 Å². The van der Waals surface area contributed by atoms with Crippen LogP contribution in [0.3, 0.4) is 0 Å². The summed E-state index contributed by atoms with van der Waals surface area (Å²) in [5.41, 5.74) is 22.4. The molecule has 11 aromatic rings. The largest absolute Gasteiger partial charge is 0.311 e. The third-order valence-electron chi connectivity index (χ3n) is 14.6. The van der Waals surface area contributed by atoms with Crippen LogP contribution in [0.25, 0.3) is 77.2 Å². The van der Waals surface area contributed by atoms with Gasteiger partial charge in [-0.25, -0.2) is 0 Å². The third kappa shape index (κ3) is 5.57. The molecule has 4 heteroatoms. The van der Waals surface area contributed by atoms with Gasteiger partial charge in [0.1, 0.15) is 0 Å². The molecule has 4 heterocycles. The molecule has 2 aromatic heterocycles. The van der Waals surface area contributed by atoms with E-state index in [1.807, 2.05) is 0 Å². The second-order valence-corrected chi connectivity index (χ2v) is 20.6. The summed E-state index contributed by atoms with van der Waals surface area (Å²) in [7, 11) is 0. The summed E-state index contributed by atoms with van der Waals surface area (Å²) in [6.45, 7) is 13.9. The molecule has 316 valence electrons. The van der Waals surface area contributed by atoms with E-state index in [9.17, 15) is 0 Å². The van der Waals surface area contributed by atoms with Gasteiger partial charge in [0, 0.05) is 60.9 Å². The van der Waals surface area contributed by atoms with E-state index in [4.69, 9.17) is 0 Å². The fraction of sp³-hybridized carbons (Fsp3) is 0.129. The van der Waals surface area contributed by atoms with Crippen molar-refractivity contribution in [3.05, 3.63) is 205 Å². The fourth-order valence-corrected chi connectivity index (χ4v) is 11.5. The molecule has 0 N–H and O–H groups in total. The van der Waals surface area contributed by atoms with E-state index in [2.05, 4.69) is 250 Å². The quantitative estimate of drug-likeness (QED) is 0.161. The number of nitrogens with zero attached hydrogens (tertiary/aromatic N) is 3. The van der Waals surface area contributed by atoms with Crippen molar-refractivity contribution < 1.29 is 0 Å². The summed E-state index contributed by atoms with van der Waals surface area (Å²) in [5.74, 6) is 0. The maximum atomic E-state index is 2.60. The minimum absolute atomic E-state index is 0.0184. The molecule has 0 aliphatic carbocycles. The molecule has 13 rings (SSSR count). The monoisotopic (exact) mass is 847 g/mol. The molecule has 0 amide bonds. The van der Waals surface area contributed by atoms with E-state index in [1.54, 1.807) is 0 Å². The summed E-state index contributed by atoms with van der Waals surface area (Å²) in [6.07, 6.45) is 0. The van der Waals surface area contributed by atoms with Gasteiger partial charge in [0.2, 0.25) is 0 Å². The lowest BCUT2D eigenvalue weighted by molar-refractivity contribution is 0.590. The van der Waals surface area contributed by atoms with Crippen molar-refractivity contribution >= 4 is 83.8 Å². The molecule has 0 fully saturated rings. The molecule has 66 heavy (non-hydrogen) atoms. The highest BCUT2D eigenvalue weighted by Gasteiger charge is 2.43. The van der Waals surface area contributed by atoms with Gasteiger partial charge in [0.25, 0.3) is 6.71 Å². The zero-order chi connectivity index (χ0) is 44.6. The van der Waals surface area contributed by atoms with Crippen molar-refractivity contribution in [1.29, 1.82) is 0 Å². The Morgan fingerprint density at radius 3 is 1.52 bits per heavy atom. The van der Waals surface area contributed by atoms with Gasteiger partial charge < -0.3 is 14.0 Å². The predicted octanol–water partition coefficient (Wildman–Crippen LogP) is 14.4. The van der Waals surface area contributed by atoms with Crippen LogP contribution in [0.5, 0.6) is 0 Å². The van der Waals surface area contributed by atoms with Crippen LogP contribution in [0.1, 0.15) is 52.7 Å². The number of hydrogen-bond acceptors (Lipinski definition) is 1. The van der Waals surface area contributed by atoms with Gasteiger partial charge in [-0.2, -0.15) is 0 Å². The summed E-state index contributed by atoms with van der Waals surface area (Å²) in [5, 5.41) is 5.05. The predicted molar refractivity (Wildman–Crippen MR) is 283 cm³/mol. The van der Waals surface area contributed by atoms with E-state index in [0.29, 0.717) is 0 Å². The molecule has 0 spiro atoms. The molecule has 0 saturated heterocycles. The van der Waals surface area contributed by atoms with Gasteiger partial charge in [-0.15, -0.1) is 0 Å². The van der Waals surface area contributed by atoms with Gasteiger partial charge in [-0.3, -0.25) is 0 Å². The zero-order valence-electron chi connectivity index (χ0n) is 38.4. The van der Waals surface area contributed by atoms with Crippen molar-refractivity contribution in [3.63, 3.8) is 0 Å². The van der Waals surface area contributed by atoms with Crippen molar-refractivity contribution in [2.24, 2.45) is 0 Å². The van der Waals surface area contributed by atoms with Crippen LogP contribution >= 0.6 is 0 Å². The Balaban J connectivity index is 1.23. The SMILES string of the molecule is CC(C)(C)c1ccc(N2c3ccc(C(C)(C)C)cc3B3c4c2cc(-n2c5c(-c6ccccc6)cccc5c5cccc(-c6ccccc6)c52)cc4-n2c4ccccc4c4cccc3c42)cc1.